The zero-order valence-corrected chi connectivity index (χ0v) is 11.1. The van der Waals surface area contributed by atoms with E-state index >= 15 is 0 Å². The zero-order valence-electron chi connectivity index (χ0n) is 11.1. The van der Waals surface area contributed by atoms with Crippen LogP contribution in [0.1, 0.15) is 53.9 Å². The van der Waals surface area contributed by atoms with Crippen LogP contribution in [0, 0.1) is 5.92 Å². The van der Waals surface area contributed by atoms with Crippen LogP contribution in [0.5, 0.6) is 0 Å². The average Bonchev–Trinajstić information content (AvgIpc) is 2.10. The molecule has 0 aromatic rings. The van der Waals surface area contributed by atoms with E-state index in [0.717, 1.165) is 26.1 Å². The molecule has 0 N–H and O–H groups in total. The van der Waals surface area contributed by atoms with Gasteiger partial charge in [0.2, 0.25) is 0 Å². The summed E-state index contributed by atoms with van der Waals surface area (Å²) >= 11 is 0. The van der Waals surface area contributed by atoms with Gasteiger partial charge in [0.15, 0.2) is 0 Å². The molecule has 0 spiro atoms. The molecule has 0 aromatic heterocycles. The van der Waals surface area contributed by atoms with Crippen molar-refractivity contribution in [2.75, 3.05) is 13.2 Å². The van der Waals surface area contributed by atoms with Crippen LogP contribution in [0.2, 0.25) is 0 Å². The Morgan fingerprint density at radius 3 is 2.20 bits per heavy atom. The lowest BCUT2D eigenvalue weighted by Crippen LogP contribution is -2.25. The summed E-state index contributed by atoms with van der Waals surface area (Å²) in [6.45, 7) is 12.4. The molecule has 2 heteroatoms. The van der Waals surface area contributed by atoms with Crippen molar-refractivity contribution in [3.63, 3.8) is 0 Å². The first kappa shape index (κ1) is 14.9. The molecule has 0 radical (unpaired) electrons. The maximum Gasteiger partial charge on any atom is 0.0814 e. The van der Waals surface area contributed by atoms with Gasteiger partial charge in [0.05, 0.1) is 18.8 Å². The molecular weight excluding hydrogens is 188 g/mol. The van der Waals surface area contributed by atoms with Crippen molar-refractivity contribution in [3.05, 3.63) is 0 Å². The fourth-order valence-corrected chi connectivity index (χ4v) is 1.53. The largest absolute Gasteiger partial charge is 0.379 e. The number of hydrogen-bond acceptors (Lipinski definition) is 2. The lowest BCUT2D eigenvalue weighted by Gasteiger charge is -2.22. The van der Waals surface area contributed by atoms with E-state index in [9.17, 15) is 0 Å². The molecule has 2 nitrogen and oxygen atoms in total. The number of hydrogen-bond donors (Lipinski definition) is 0. The Labute approximate surface area is 95.3 Å². The summed E-state index contributed by atoms with van der Waals surface area (Å²) < 4.78 is 11.4. The Kier molecular flexibility index (Phi) is 9.12. The highest BCUT2D eigenvalue weighted by molar-refractivity contribution is 4.61. The predicted molar refractivity (Wildman–Crippen MR) is 65.2 cm³/mol. The van der Waals surface area contributed by atoms with Crippen LogP contribution < -0.4 is 0 Å². The van der Waals surface area contributed by atoms with E-state index in [2.05, 4.69) is 34.6 Å². The van der Waals surface area contributed by atoms with Crippen molar-refractivity contribution in [3.8, 4) is 0 Å². The molecule has 0 aliphatic carbocycles. The molecule has 0 saturated heterocycles. The van der Waals surface area contributed by atoms with Crippen LogP contribution in [0.3, 0.4) is 0 Å². The van der Waals surface area contributed by atoms with Gasteiger partial charge >= 0.3 is 0 Å². The third-order valence-electron chi connectivity index (χ3n) is 2.14. The number of ether oxygens (including phenoxy) is 2. The highest BCUT2D eigenvalue weighted by atomic mass is 16.5. The third-order valence-corrected chi connectivity index (χ3v) is 2.14. The van der Waals surface area contributed by atoms with E-state index < -0.39 is 0 Å². The topological polar surface area (TPSA) is 18.5 Å². The smallest absolute Gasteiger partial charge is 0.0814 e. The lowest BCUT2D eigenvalue weighted by molar-refractivity contribution is -0.0532. The summed E-state index contributed by atoms with van der Waals surface area (Å²) in [5.74, 6) is 0.670. The van der Waals surface area contributed by atoms with E-state index in [4.69, 9.17) is 9.47 Å². The molecule has 0 aliphatic heterocycles. The van der Waals surface area contributed by atoms with E-state index in [1.54, 1.807) is 0 Å². The van der Waals surface area contributed by atoms with E-state index in [1.807, 2.05) is 0 Å². The number of rotatable bonds is 9. The molecule has 1 unspecified atom stereocenters. The molecular formula is C13H28O2. The van der Waals surface area contributed by atoms with Crippen molar-refractivity contribution in [2.24, 2.45) is 5.92 Å². The van der Waals surface area contributed by atoms with Gasteiger partial charge in [-0.25, -0.2) is 0 Å². The number of unbranched alkanes of at least 4 members (excludes halogenated alkanes) is 1. The second-order valence-corrected chi connectivity index (χ2v) is 4.86. The third kappa shape index (κ3) is 10.2. The lowest BCUT2D eigenvalue weighted by atomic mass is 10.1. The fourth-order valence-electron chi connectivity index (χ4n) is 1.53. The van der Waals surface area contributed by atoms with Crippen LogP contribution >= 0.6 is 0 Å². The van der Waals surface area contributed by atoms with E-state index in [-0.39, 0.29) is 6.10 Å². The van der Waals surface area contributed by atoms with Crippen LogP contribution in [0.15, 0.2) is 0 Å². The van der Waals surface area contributed by atoms with Crippen LogP contribution in [-0.2, 0) is 9.47 Å². The Hall–Kier alpha value is -0.0800. The highest BCUT2D eigenvalue weighted by Gasteiger charge is 2.13. The van der Waals surface area contributed by atoms with Crippen molar-refractivity contribution in [1.29, 1.82) is 0 Å². The summed E-state index contributed by atoms with van der Waals surface area (Å²) in [5.41, 5.74) is 0. The van der Waals surface area contributed by atoms with Crippen LogP contribution in [0.4, 0.5) is 0 Å². The van der Waals surface area contributed by atoms with Gasteiger partial charge in [-0.2, -0.15) is 0 Å². The molecule has 0 rings (SSSR count). The minimum absolute atomic E-state index is 0.266. The molecule has 92 valence electrons. The molecule has 0 bridgehead atoms. The van der Waals surface area contributed by atoms with Gasteiger partial charge in [0, 0.05) is 6.61 Å². The Morgan fingerprint density at radius 1 is 1.07 bits per heavy atom. The fraction of sp³-hybridized carbons (Fsp3) is 1.00. The molecule has 15 heavy (non-hydrogen) atoms. The van der Waals surface area contributed by atoms with Gasteiger partial charge in [0.1, 0.15) is 0 Å². The average molecular weight is 216 g/mol. The minimum atomic E-state index is 0.266. The quantitative estimate of drug-likeness (QED) is 0.548. The van der Waals surface area contributed by atoms with E-state index in [0.29, 0.717) is 12.0 Å². The van der Waals surface area contributed by atoms with Gasteiger partial charge < -0.3 is 9.47 Å². The first-order valence-corrected chi connectivity index (χ1v) is 6.29. The molecule has 0 saturated carbocycles. The first-order chi connectivity index (χ1) is 7.06. The summed E-state index contributed by atoms with van der Waals surface area (Å²) in [4.78, 5) is 0. The summed E-state index contributed by atoms with van der Waals surface area (Å²) in [7, 11) is 0. The van der Waals surface area contributed by atoms with Crippen molar-refractivity contribution < 1.29 is 9.47 Å². The summed E-state index contributed by atoms with van der Waals surface area (Å²) in [6.07, 6.45) is 3.99. The van der Waals surface area contributed by atoms with Crippen molar-refractivity contribution in [2.45, 2.75) is 66.1 Å². The standard InChI is InChI=1S/C13H28O2/c1-6-7-8-14-10-13(9-11(2)3)15-12(4)5/h11-13H,6-10H2,1-5H3. The molecule has 0 fully saturated rings. The van der Waals surface area contributed by atoms with Crippen molar-refractivity contribution in [1.82, 2.24) is 0 Å². The normalized spacial score (nSPS) is 13.8. The predicted octanol–water partition coefficient (Wildman–Crippen LogP) is 3.64. The molecule has 0 amide bonds. The van der Waals surface area contributed by atoms with Gasteiger partial charge in [-0.1, -0.05) is 27.2 Å². The molecule has 0 aromatic carbocycles. The van der Waals surface area contributed by atoms with Gasteiger partial charge in [-0.15, -0.1) is 0 Å². The maximum atomic E-state index is 5.82. The second kappa shape index (κ2) is 9.17. The van der Waals surface area contributed by atoms with Crippen LogP contribution in [0.25, 0.3) is 0 Å². The second-order valence-electron chi connectivity index (χ2n) is 4.86. The minimum Gasteiger partial charge on any atom is -0.379 e. The van der Waals surface area contributed by atoms with Gasteiger partial charge in [-0.05, 0) is 32.6 Å². The summed E-state index contributed by atoms with van der Waals surface area (Å²) in [6, 6.07) is 0. The Morgan fingerprint density at radius 2 is 1.73 bits per heavy atom. The Bertz CT molecular complexity index is 122. The van der Waals surface area contributed by atoms with Gasteiger partial charge in [-0.3, -0.25) is 0 Å². The molecule has 0 heterocycles. The highest BCUT2D eigenvalue weighted by Crippen LogP contribution is 2.11. The van der Waals surface area contributed by atoms with E-state index in [1.165, 1.54) is 6.42 Å². The Balaban J connectivity index is 3.69. The van der Waals surface area contributed by atoms with Gasteiger partial charge in [0.25, 0.3) is 0 Å². The maximum absolute atomic E-state index is 5.82. The molecule has 1 atom stereocenters. The summed E-state index contributed by atoms with van der Waals surface area (Å²) in [5, 5.41) is 0. The monoisotopic (exact) mass is 216 g/mol. The molecule has 0 aliphatic rings. The first-order valence-electron chi connectivity index (χ1n) is 6.29. The van der Waals surface area contributed by atoms with Crippen molar-refractivity contribution >= 4 is 0 Å². The SMILES string of the molecule is CCCCOCC(CC(C)C)OC(C)C. The van der Waals surface area contributed by atoms with Crippen LogP contribution in [-0.4, -0.2) is 25.4 Å². The zero-order chi connectivity index (χ0) is 11.7.